The van der Waals surface area contributed by atoms with Gasteiger partial charge in [0.25, 0.3) is 0 Å². The summed E-state index contributed by atoms with van der Waals surface area (Å²) in [6, 6.07) is 0. The van der Waals surface area contributed by atoms with Crippen LogP contribution in [0.4, 0.5) is 0 Å². The molecule has 3 fully saturated rings. The van der Waals surface area contributed by atoms with Crippen LogP contribution in [0.15, 0.2) is 4.52 Å². The summed E-state index contributed by atoms with van der Waals surface area (Å²) in [6.07, 6.45) is 10.9. The van der Waals surface area contributed by atoms with E-state index in [4.69, 9.17) is 4.52 Å². The largest absolute Gasteiger partial charge is 0.343 e. The Balaban J connectivity index is 1.28. The maximum Gasteiger partial charge on any atom is 0.227 e. The smallest absolute Gasteiger partial charge is 0.227 e. The number of nitrogens with one attached hydrogen (secondary N) is 1. The molecule has 3 amide bonds. The van der Waals surface area contributed by atoms with Crippen LogP contribution in [0.3, 0.4) is 0 Å². The van der Waals surface area contributed by atoms with Gasteiger partial charge in [0.05, 0.1) is 0 Å². The molecular formula is C24H37N5O4. The highest BCUT2D eigenvalue weighted by atomic mass is 16.5. The van der Waals surface area contributed by atoms with Gasteiger partial charge in [0, 0.05) is 51.9 Å². The van der Waals surface area contributed by atoms with E-state index >= 15 is 0 Å². The summed E-state index contributed by atoms with van der Waals surface area (Å²) in [6.45, 7) is 3.92. The molecule has 0 unspecified atom stereocenters. The van der Waals surface area contributed by atoms with Gasteiger partial charge in [-0.25, -0.2) is 0 Å². The molecule has 2 saturated carbocycles. The number of nitrogens with zero attached hydrogens (tertiary/aromatic N) is 4. The molecule has 0 atom stereocenters. The zero-order chi connectivity index (χ0) is 23.3. The molecule has 0 radical (unpaired) electrons. The van der Waals surface area contributed by atoms with E-state index in [9.17, 15) is 14.4 Å². The van der Waals surface area contributed by atoms with Gasteiger partial charge in [-0.05, 0) is 25.7 Å². The number of carbonyl (C=O) groups is 3. The average molecular weight is 460 g/mol. The highest BCUT2D eigenvalue weighted by Gasteiger charge is 2.38. The molecular weight excluding hydrogens is 422 g/mol. The Bertz CT molecular complexity index is 832. The summed E-state index contributed by atoms with van der Waals surface area (Å²) in [5, 5.41) is 7.28. The molecule has 1 aromatic heterocycles. The van der Waals surface area contributed by atoms with Gasteiger partial charge in [0.15, 0.2) is 5.82 Å². The maximum absolute atomic E-state index is 12.7. The van der Waals surface area contributed by atoms with Crippen LogP contribution in [0, 0.1) is 5.92 Å². The van der Waals surface area contributed by atoms with E-state index in [2.05, 4.69) is 15.5 Å². The molecule has 0 aromatic carbocycles. The molecule has 4 rings (SSSR count). The molecule has 182 valence electrons. The van der Waals surface area contributed by atoms with E-state index in [-0.39, 0.29) is 23.6 Å². The van der Waals surface area contributed by atoms with Crippen LogP contribution in [0.2, 0.25) is 0 Å². The van der Waals surface area contributed by atoms with E-state index in [0.717, 1.165) is 64.2 Å². The quantitative estimate of drug-likeness (QED) is 0.655. The van der Waals surface area contributed by atoms with Gasteiger partial charge in [-0.2, -0.15) is 4.98 Å². The van der Waals surface area contributed by atoms with E-state index < -0.39 is 5.54 Å². The fourth-order valence-electron chi connectivity index (χ4n) is 5.60. The Morgan fingerprint density at radius 1 is 0.970 bits per heavy atom. The van der Waals surface area contributed by atoms with Gasteiger partial charge in [-0.15, -0.1) is 0 Å². The molecule has 9 heteroatoms. The molecule has 1 aromatic rings. The Hall–Kier alpha value is -2.45. The van der Waals surface area contributed by atoms with Gasteiger partial charge < -0.3 is 19.6 Å². The van der Waals surface area contributed by atoms with Crippen LogP contribution in [0.5, 0.6) is 0 Å². The first-order valence-corrected chi connectivity index (χ1v) is 12.7. The van der Waals surface area contributed by atoms with Crippen LogP contribution in [0.1, 0.15) is 89.3 Å². The van der Waals surface area contributed by atoms with E-state index in [0.29, 0.717) is 50.7 Å². The fourth-order valence-corrected chi connectivity index (χ4v) is 5.60. The molecule has 1 N–H and O–H groups in total. The minimum Gasteiger partial charge on any atom is -0.343 e. The average Bonchev–Trinajstić information content (AvgIpc) is 3.47. The lowest BCUT2D eigenvalue weighted by atomic mass is 9.89. The van der Waals surface area contributed by atoms with E-state index in [1.54, 1.807) is 0 Å². The number of piperazine rings is 1. The second kappa shape index (κ2) is 10.7. The van der Waals surface area contributed by atoms with Crippen molar-refractivity contribution in [2.45, 2.75) is 89.5 Å². The topological polar surface area (TPSA) is 109 Å². The van der Waals surface area contributed by atoms with Crippen LogP contribution in [-0.4, -0.2) is 63.8 Å². The van der Waals surface area contributed by atoms with Crippen molar-refractivity contribution in [3.05, 3.63) is 11.7 Å². The third-order valence-electron chi connectivity index (χ3n) is 7.47. The van der Waals surface area contributed by atoms with Crippen molar-refractivity contribution in [3.63, 3.8) is 0 Å². The van der Waals surface area contributed by atoms with Gasteiger partial charge in [-0.1, -0.05) is 43.7 Å². The maximum atomic E-state index is 12.7. The number of hydrogen-bond acceptors (Lipinski definition) is 6. The molecule has 2 heterocycles. The predicted molar refractivity (Wildman–Crippen MR) is 121 cm³/mol. The zero-order valence-corrected chi connectivity index (χ0v) is 19.8. The Morgan fingerprint density at radius 2 is 1.61 bits per heavy atom. The first-order chi connectivity index (χ1) is 16.0. The van der Waals surface area contributed by atoms with Gasteiger partial charge in [-0.3, -0.25) is 14.4 Å². The molecule has 1 saturated heterocycles. The van der Waals surface area contributed by atoms with Crippen molar-refractivity contribution in [2.75, 3.05) is 26.2 Å². The van der Waals surface area contributed by atoms with Crippen LogP contribution in [0.25, 0.3) is 0 Å². The minimum atomic E-state index is -0.573. The molecule has 2 aliphatic carbocycles. The SMILES string of the molecule is CC(=O)NC1(c2noc(CCC(=O)N3CCN(C(=O)C4CCCC4)CC3)n2)CCCCCC1. The molecule has 3 aliphatic rings. The number of hydrogen-bond donors (Lipinski definition) is 1. The van der Waals surface area contributed by atoms with E-state index in [1.165, 1.54) is 6.92 Å². The highest BCUT2D eigenvalue weighted by Crippen LogP contribution is 2.34. The van der Waals surface area contributed by atoms with Gasteiger partial charge in [0.2, 0.25) is 23.6 Å². The molecule has 33 heavy (non-hydrogen) atoms. The highest BCUT2D eigenvalue weighted by molar-refractivity contribution is 5.80. The third-order valence-corrected chi connectivity index (χ3v) is 7.47. The van der Waals surface area contributed by atoms with Crippen molar-refractivity contribution in [3.8, 4) is 0 Å². The second-order valence-corrected chi connectivity index (χ2v) is 9.88. The van der Waals surface area contributed by atoms with Crippen LogP contribution in [-0.2, 0) is 26.3 Å². The lowest BCUT2D eigenvalue weighted by molar-refractivity contribution is -0.142. The number of aromatic nitrogens is 2. The lowest BCUT2D eigenvalue weighted by Crippen LogP contribution is -2.51. The predicted octanol–water partition coefficient (Wildman–Crippen LogP) is 2.55. The van der Waals surface area contributed by atoms with Crippen molar-refractivity contribution in [1.82, 2.24) is 25.3 Å². The van der Waals surface area contributed by atoms with Crippen molar-refractivity contribution < 1.29 is 18.9 Å². The summed E-state index contributed by atoms with van der Waals surface area (Å²) in [4.78, 5) is 45.6. The second-order valence-electron chi connectivity index (χ2n) is 9.88. The van der Waals surface area contributed by atoms with Crippen molar-refractivity contribution in [1.29, 1.82) is 0 Å². The van der Waals surface area contributed by atoms with Crippen molar-refractivity contribution in [2.24, 2.45) is 5.92 Å². The summed E-state index contributed by atoms with van der Waals surface area (Å²) >= 11 is 0. The first kappa shape index (κ1) is 23.7. The Labute approximate surface area is 195 Å². The van der Waals surface area contributed by atoms with Crippen molar-refractivity contribution >= 4 is 17.7 Å². The number of carbonyl (C=O) groups excluding carboxylic acids is 3. The van der Waals surface area contributed by atoms with E-state index in [1.807, 2.05) is 9.80 Å². The third kappa shape index (κ3) is 5.73. The molecule has 0 bridgehead atoms. The standard InChI is InChI=1S/C24H37N5O4/c1-18(30)26-24(12-6-2-3-7-13-24)23-25-20(33-27-23)10-11-21(31)28-14-16-29(17-15-28)22(32)19-8-4-5-9-19/h19H,2-17H2,1H3,(H,26,30). The molecule has 1 aliphatic heterocycles. The van der Waals surface area contributed by atoms with Gasteiger partial charge >= 0.3 is 0 Å². The Morgan fingerprint density at radius 3 is 2.24 bits per heavy atom. The van der Waals surface area contributed by atoms with Crippen LogP contribution >= 0.6 is 0 Å². The molecule has 0 spiro atoms. The minimum absolute atomic E-state index is 0.0498. The molecule has 9 nitrogen and oxygen atoms in total. The number of rotatable bonds is 6. The van der Waals surface area contributed by atoms with Crippen LogP contribution < -0.4 is 5.32 Å². The fraction of sp³-hybridized carbons (Fsp3) is 0.792. The lowest BCUT2D eigenvalue weighted by Gasteiger charge is -2.36. The summed E-state index contributed by atoms with van der Waals surface area (Å²) in [5.74, 6) is 1.37. The monoisotopic (exact) mass is 459 g/mol. The first-order valence-electron chi connectivity index (χ1n) is 12.7. The number of aryl methyl sites for hydroxylation is 1. The normalized spacial score (nSPS) is 21.6. The van der Waals surface area contributed by atoms with Gasteiger partial charge in [0.1, 0.15) is 5.54 Å². The Kier molecular flexibility index (Phi) is 7.65. The zero-order valence-electron chi connectivity index (χ0n) is 19.8. The summed E-state index contributed by atoms with van der Waals surface area (Å²) in [7, 11) is 0. The summed E-state index contributed by atoms with van der Waals surface area (Å²) < 4.78 is 5.47. The number of amides is 3. The summed E-state index contributed by atoms with van der Waals surface area (Å²) in [5.41, 5.74) is -0.573.